The van der Waals surface area contributed by atoms with Gasteiger partial charge in [0.2, 0.25) is 5.76 Å². The van der Waals surface area contributed by atoms with E-state index in [1.54, 1.807) is 30.3 Å². The number of furan rings is 1. The summed E-state index contributed by atoms with van der Waals surface area (Å²) in [6, 6.07) is 11.1. The van der Waals surface area contributed by atoms with Crippen LogP contribution in [-0.2, 0) is 16.0 Å². The summed E-state index contributed by atoms with van der Waals surface area (Å²) >= 11 is 0. The summed E-state index contributed by atoms with van der Waals surface area (Å²) in [5.41, 5.74) is 2.01. The molecule has 0 fully saturated rings. The van der Waals surface area contributed by atoms with Crippen molar-refractivity contribution in [1.29, 1.82) is 0 Å². The van der Waals surface area contributed by atoms with Crippen LogP contribution in [0.1, 0.15) is 21.7 Å². The fraction of sp³-hybridized carbons (Fsp3) is 0.111. The molecule has 2 aromatic carbocycles. The average Bonchev–Trinajstić information content (AvgIpc) is 2.92. The fourth-order valence-electron chi connectivity index (χ4n) is 2.42. The molecule has 3 rings (SSSR count). The second-order valence-electron chi connectivity index (χ2n) is 5.23. The van der Waals surface area contributed by atoms with Gasteiger partial charge in [-0.3, -0.25) is 4.79 Å². The Labute approximate surface area is 136 Å². The average molecular weight is 328 g/mol. The summed E-state index contributed by atoms with van der Waals surface area (Å²) in [5, 5.41) is 10.5. The molecule has 6 heteroatoms. The first kappa shape index (κ1) is 15.7. The van der Waals surface area contributed by atoms with Crippen molar-refractivity contribution in [1.82, 2.24) is 0 Å². The van der Waals surface area contributed by atoms with Crippen LogP contribution in [0.4, 0.5) is 4.39 Å². The number of halogens is 1. The monoisotopic (exact) mass is 328 g/mol. The van der Waals surface area contributed by atoms with E-state index in [0.717, 1.165) is 18.2 Å². The van der Waals surface area contributed by atoms with E-state index in [-0.39, 0.29) is 11.4 Å². The van der Waals surface area contributed by atoms with Gasteiger partial charge in [-0.05, 0) is 41.8 Å². The van der Waals surface area contributed by atoms with Gasteiger partial charge in [-0.2, -0.15) is 0 Å². The van der Waals surface area contributed by atoms with E-state index < -0.39 is 23.3 Å². The molecule has 0 aliphatic rings. The Morgan fingerprint density at radius 3 is 2.46 bits per heavy atom. The number of hydrogen-bond donors (Lipinski definition) is 1. The number of Topliss-reactive ketones (excluding diaryl/α,β-unsaturated/α-hetero) is 1. The van der Waals surface area contributed by atoms with Gasteiger partial charge in [0.15, 0.2) is 5.75 Å². The molecule has 0 radical (unpaired) electrons. The van der Waals surface area contributed by atoms with Gasteiger partial charge in [-0.25, -0.2) is 9.18 Å². The molecule has 0 amide bonds. The van der Waals surface area contributed by atoms with E-state index in [9.17, 15) is 19.1 Å². The third kappa shape index (κ3) is 2.86. The van der Waals surface area contributed by atoms with E-state index in [2.05, 4.69) is 4.74 Å². The molecule has 0 atom stereocenters. The zero-order valence-corrected chi connectivity index (χ0v) is 12.7. The first-order valence-corrected chi connectivity index (χ1v) is 7.11. The normalized spacial score (nSPS) is 10.8. The predicted octanol–water partition coefficient (Wildman–Crippen LogP) is 3.22. The number of aromatic hydroxyl groups is 1. The molecule has 3 aromatic rings. The number of carbonyl (C=O) groups excluding carboxylic acids is 2. The van der Waals surface area contributed by atoms with Crippen molar-refractivity contribution in [3.05, 3.63) is 65.2 Å². The van der Waals surface area contributed by atoms with Crippen molar-refractivity contribution in [3.8, 4) is 5.75 Å². The highest BCUT2D eigenvalue weighted by Gasteiger charge is 2.26. The van der Waals surface area contributed by atoms with Crippen LogP contribution >= 0.6 is 0 Å². The molecule has 5 nitrogen and oxygen atoms in total. The van der Waals surface area contributed by atoms with Crippen LogP contribution in [0.15, 0.2) is 46.9 Å². The van der Waals surface area contributed by atoms with Crippen molar-refractivity contribution >= 4 is 22.7 Å². The van der Waals surface area contributed by atoms with Gasteiger partial charge in [0.05, 0.1) is 12.5 Å². The zero-order valence-electron chi connectivity index (χ0n) is 12.7. The molecule has 0 unspecified atom stereocenters. The molecule has 0 aliphatic carbocycles. The maximum absolute atomic E-state index is 12.9. The molecule has 122 valence electrons. The van der Waals surface area contributed by atoms with Gasteiger partial charge >= 0.3 is 11.8 Å². The van der Waals surface area contributed by atoms with Crippen LogP contribution in [0.2, 0.25) is 0 Å². The van der Waals surface area contributed by atoms with Gasteiger partial charge in [-0.15, -0.1) is 0 Å². The van der Waals surface area contributed by atoms with E-state index in [1.165, 1.54) is 12.1 Å². The number of hydrogen-bond acceptors (Lipinski definition) is 5. The van der Waals surface area contributed by atoms with Gasteiger partial charge in [0.1, 0.15) is 11.4 Å². The van der Waals surface area contributed by atoms with E-state index in [4.69, 9.17) is 4.42 Å². The van der Waals surface area contributed by atoms with Crippen LogP contribution in [-0.4, -0.2) is 24.0 Å². The number of benzene rings is 2. The summed E-state index contributed by atoms with van der Waals surface area (Å²) in [5.74, 6) is -3.33. The van der Waals surface area contributed by atoms with E-state index >= 15 is 0 Å². The molecule has 1 N–H and O–H groups in total. The summed E-state index contributed by atoms with van der Waals surface area (Å²) < 4.78 is 22.5. The number of ketones is 1. The molecule has 1 aromatic heterocycles. The fourth-order valence-corrected chi connectivity index (χ4v) is 2.42. The maximum Gasteiger partial charge on any atom is 0.382 e. The molecular formula is C18H13FO5. The topological polar surface area (TPSA) is 76.7 Å². The predicted molar refractivity (Wildman–Crippen MR) is 83.4 cm³/mol. The first-order valence-electron chi connectivity index (χ1n) is 7.11. The van der Waals surface area contributed by atoms with Gasteiger partial charge in [0, 0.05) is 0 Å². The molecule has 0 bridgehead atoms. The smallest absolute Gasteiger partial charge is 0.382 e. The standard InChI is InChI=1S/C18H13FO5/c1-23-18(22)16(21)17-15(20)13-9-11(4-7-14(13)24-17)8-10-2-5-12(19)6-3-10/h2-7,9,20H,8H2,1H3. The lowest BCUT2D eigenvalue weighted by molar-refractivity contribution is -0.135. The Morgan fingerprint density at radius 1 is 1.12 bits per heavy atom. The van der Waals surface area contributed by atoms with Crippen LogP contribution < -0.4 is 0 Å². The quantitative estimate of drug-likeness (QED) is 0.452. The van der Waals surface area contributed by atoms with Crippen molar-refractivity contribution in [2.45, 2.75) is 6.42 Å². The highest BCUT2D eigenvalue weighted by Crippen LogP contribution is 2.33. The minimum atomic E-state index is -1.11. The number of esters is 1. The van der Waals surface area contributed by atoms with E-state index in [0.29, 0.717) is 11.8 Å². The van der Waals surface area contributed by atoms with Crippen molar-refractivity contribution in [3.63, 3.8) is 0 Å². The van der Waals surface area contributed by atoms with Gasteiger partial charge in [-0.1, -0.05) is 18.2 Å². The molecule has 0 saturated carbocycles. The Morgan fingerprint density at radius 2 is 1.79 bits per heavy atom. The van der Waals surface area contributed by atoms with Crippen molar-refractivity contribution in [2.24, 2.45) is 0 Å². The SMILES string of the molecule is COC(=O)C(=O)c1oc2ccc(Cc3ccc(F)cc3)cc2c1O. The van der Waals surface area contributed by atoms with Crippen molar-refractivity contribution < 1.29 is 28.2 Å². The third-order valence-corrected chi connectivity index (χ3v) is 3.62. The molecule has 24 heavy (non-hydrogen) atoms. The Kier molecular flexibility index (Phi) is 4.04. The van der Waals surface area contributed by atoms with E-state index in [1.807, 2.05) is 0 Å². The highest BCUT2D eigenvalue weighted by molar-refractivity contribution is 6.41. The minimum absolute atomic E-state index is 0.280. The summed E-state index contributed by atoms with van der Waals surface area (Å²) in [6.45, 7) is 0. The Balaban J connectivity index is 1.96. The van der Waals surface area contributed by atoms with Gasteiger partial charge in [0.25, 0.3) is 0 Å². The lowest BCUT2D eigenvalue weighted by Gasteiger charge is -2.02. The number of carbonyl (C=O) groups is 2. The number of ether oxygens (including phenoxy) is 1. The lowest BCUT2D eigenvalue weighted by atomic mass is 10.0. The molecule has 1 heterocycles. The summed E-state index contributed by atoms with van der Waals surface area (Å²) in [6.07, 6.45) is 0.515. The van der Waals surface area contributed by atoms with Crippen LogP contribution in [0.3, 0.4) is 0 Å². The second kappa shape index (κ2) is 6.16. The molecule has 0 saturated heterocycles. The number of fused-ring (bicyclic) bond motifs is 1. The minimum Gasteiger partial charge on any atom is -0.504 e. The summed E-state index contributed by atoms with van der Waals surface area (Å²) in [7, 11) is 1.07. The molecule has 0 spiro atoms. The van der Waals surface area contributed by atoms with Crippen LogP contribution in [0.5, 0.6) is 5.75 Å². The third-order valence-electron chi connectivity index (χ3n) is 3.62. The van der Waals surface area contributed by atoms with Crippen LogP contribution in [0.25, 0.3) is 11.0 Å². The van der Waals surface area contributed by atoms with Crippen LogP contribution in [0, 0.1) is 5.82 Å². The molecule has 0 aliphatic heterocycles. The largest absolute Gasteiger partial charge is 0.504 e. The second-order valence-corrected chi connectivity index (χ2v) is 5.23. The Bertz CT molecular complexity index is 924. The van der Waals surface area contributed by atoms with Gasteiger partial charge < -0.3 is 14.3 Å². The zero-order chi connectivity index (χ0) is 17.3. The number of methoxy groups -OCH3 is 1. The highest BCUT2D eigenvalue weighted by atomic mass is 19.1. The first-order chi connectivity index (χ1) is 11.5. The van der Waals surface area contributed by atoms with Crippen molar-refractivity contribution in [2.75, 3.05) is 7.11 Å². The molecular weight excluding hydrogens is 315 g/mol. The lowest BCUT2D eigenvalue weighted by Crippen LogP contribution is -2.14. The number of rotatable bonds is 4. The maximum atomic E-state index is 12.9. The summed E-state index contributed by atoms with van der Waals surface area (Å²) in [4.78, 5) is 23.1. The Hall–Kier alpha value is -3.15.